The molecule has 0 aliphatic carbocycles. The molecule has 0 spiro atoms. The minimum atomic E-state index is -1.91. The second-order valence-corrected chi connectivity index (χ2v) is 19.5. The highest BCUT2D eigenvalue weighted by atomic mass is 16.7. The number of rotatable bonds is 48. The quantitative estimate of drug-likeness (QED) is 0.0228. The van der Waals surface area contributed by atoms with Gasteiger partial charge in [-0.05, 0) is 89.9 Å². The number of aliphatic hydroxyl groups excluding tert-OH is 2. The summed E-state index contributed by atoms with van der Waals surface area (Å²) in [4.78, 5) is 51.0. The summed E-state index contributed by atoms with van der Waals surface area (Å²) >= 11 is 0. The molecule has 0 aromatic rings. The number of carboxylic acids is 1. The van der Waals surface area contributed by atoms with Gasteiger partial charge in [-0.2, -0.15) is 0 Å². The van der Waals surface area contributed by atoms with Crippen LogP contribution in [0.15, 0.2) is 72.9 Å². The number of carbonyl (C=O) groups excluding carboxylic acids is 3. The molecule has 0 aromatic carbocycles. The molecule has 1 aliphatic rings. The minimum Gasteiger partial charge on any atom is -0.479 e. The van der Waals surface area contributed by atoms with Crippen LogP contribution in [-0.2, 0) is 42.9 Å². The van der Waals surface area contributed by atoms with Crippen LogP contribution in [0, 0.1) is 0 Å². The summed E-state index contributed by atoms with van der Waals surface area (Å²) in [5.41, 5.74) is 0. The van der Waals surface area contributed by atoms with Crippen LogP contribution in [-0.4, -0.2) is 89.2 Å². The van der Waals surface area contributed by atoms with E-state index in [-0.39, 0.29) is 25.9 Å². The van der Waals surface area contributed by atoms with Crippen molar-refractivity contribution in [1.29, 1.82) is 0 Å². The van der Waals surface area contributed by atoms with Crippen LogP contribution in [0.4, 0.5) is 0 Å². The summed E-state index contributed by atoms with van der Waals surface area (Å²) in [7, 11) is 0. The fourth-order valence-electron chi connectivity index (χ4n) is 8.33. The number of allylic oxidation sites excluding steroid dienone is 12. The third-order valence-electron chi connectivity index (χ3n) is 12.8. The van der Waals surface area contributed by atoms with Gasteiger partial charge in [-0.25, -0.2) is 4.79 Å². The molecular weight excluding hydrogens is 925 g/mol. The molecule has 0 radical (unpaired) electrons. The van der Waals surface area contributed by atoms with Gasteiger partial charge in [0.2, 0.25) is 0 Å². The SMILES string of the molecule is CC/C=C\C/C=C\C/C=C\C/C=C\CCCCCCC(=O)OCC(COC1OC(C(=O)O)C(O)C(O)C1OC(=O)CCCCCCCCCCCCC)OC(=O)CCCCCCC/C=C\C/C=C\CCCCC. The molecule has 1 fully saturated rings. The summed E-state index contributed by atoms with van der Waals surface area (Å²) in [5, 5.41) is 31.4. The zero-order valence-corrected chi connectivity index (χ0v) is 45.9. The molecule has 1 rings (SSSR count). The number of carboxylic acid groups (broad SMARTS) is 1. The van der Waals surface area contributed by atoms with E-state index >= 15 is 0 Å². The van der Waals surface area contributed by atoms with Crippen LogP contribution in [0.1, 0.15) is 239 Å². The molecule has 6 unspecified atom stereocenters. The van der Waals surface area contributed by atoms with Crippen LogP contribution in [0.2, 0.25) is 0 Å². The van der Waals surface area contributed by atoms with Crippen LogP contribution in [0.25, 0.3) is 0 Å². The van der Waals surface area contributed by atoms with Gasteiger partial charge in [-0.3, -0.25) is 14.4 Å². The number of aliphatic hydroxyl groups is 2. The van der Waals surface area contributed by atoms with E-state index in [9.17, 15) is 34.5 Å². The van der Waals surface area contributed by atoms with E-state index in [0.29, 0.717) is 19.3 Å². The Balaban J connectivity index is 2.72. The molecule has 6 atom stereocenters. The zero-order valence-electron chi connectivity index (χ0n) is 45.9. The molecule has 0 bridgehead atoms. The van der Waals surface area contributed by atoms with Crippen molar-refractivity contribution in [3.05, 3.63) is 72.9 Å². The fraction of sp³-hybridized carbons (Fsp3) is 0.738. The summed E-state index contributed by atoms with van der Waals surface area (Å²) in [6, 6.07) is 0. The van der Waals surface area contributed by atoms with Crippen LogP contribution >= 0.6 is 0 Å². The lowest BCUT2D eigenvalue weighted by Crippen LogP contribution is -2.61. The van der Waals surface area contributed by atoms with E-state index in [0.717, 1.165) is 122 Å². The number of hydrogen-bond acceptors (Lipinski definition) is 11. The van der Waals surface area contributed by atoms with Crippen molar-refractivity contribution in [1.82, 2.24) is 0 Å². The lowest BCUT2D eigenvalue weighted by atomic mass is 9.98. The third kappa shape index (κ3) is 39.3. The Kier molecular flexibility index (Phi) is 45.1. The van der Waals surface area contributed by atoms with Crippen LogP contribution in [0.5, 0.6) is 0 Å². The highest BCUT2D eigenvalue weighted by Gasteiger charge is 2.50. The normalized spacial score (nSPS) is 18.8. The Labute approximate surface area is 442 Å². The van der Waals surface area contributed by atoms with E-state index in [2.05, 4.69) is 93.7 Å². The van der Waals surface area contributed by atoms with Crippen molar-refractivity contribution in [2.75, 3.05) is 13.2 Å². The van der Waals surface area contributed by atoms with Gasteiger partial charge in [0.15, 0.2) is 24.6 Å². The molecule has 73 heavy (non-hydrogen) atoms. The first-order valence-electron chi connectivity index (χ1n) is 28.9. The molecule has 12 heteroatoms. The Morgan fingerprint density at radius 1 is 0.466 bits per heavy atom. The van der Waals surface area contributed by atoms with Crippen LogP contribution in [0.3, 0.4) is 0 Å². The molecule has 1 saturated heterocycles. The average molecular weight is 1030 g/mol. The molecular formula is C61H102O12. The largest absolute Gasteiger partial charge is 0.479 e. The van der Waals surface area contributed by atoms with E-state index in [1.54, 1.807) is 0 Å². The minimum absolute atomic E-state index is 0.0566. The molecule has 1 heterocycles. The number of ether oxygens (including phenoxy) is 5. The molecule has 1 aliphatic heterocycles. The predicted octanol–water partition coefficient (Wildman–Crippen LogP) is 14.6. The number of unbranched alkanes of at least 4 members (excludes halogenated alkanes) is 22. The maximum atomic E-state index is 13.1. The molecule has 0 aromatic heterocycles. The van der Waals surface area contributed by atoms with Gasteiger partial charge in [0.05, 0.1) is 6.61 Å². The monoisotopic (exact) mass is 1030 g/mol. The average Bonchev–Trinajstić information content (AvgIpc) is 3.37. The standard InChI is InChI=1S/C61H102O12/c1-4-7-10-13-16-19-22-24-26-27-29-30-33-35-38-41-44-47-53(62)69-50-52(71-54(63)48-45-42-39-37-34-31-28-25-23-20-17-14-11-8-5-2)51-70-61-59(57(66)56(65)58(73-61)60(67)68)72-55(64)49-46-43-40-36-32-21-18-15-12-9-6-3/h7,10,16-17,19-20,24-26,28-30,52,56-59,61,65-66H,4-6,8-9,11-15,18,21-23,27,31-51H2,1-3H3,(H,67,68)/b10-7-,19-16-,20-17-,26-24-,28-25-,30-29-. The fourth-order valence-corrected chi connectivity index (χ4v) is 8.33. The number of hydrogen-bond donors (Lipinski definition) is 3. The van der Waals surface area contributed by atoms with Crippen molar-refractivity contribution in [3.63, 3.8) is 0 Å². The summed E-state index contributed by atoms with van der Waals surface area (Å²) in [6.45, 7) is 5.80. The Morgan fingerprint density at radius 3 is 1.34 bits per heavy atom. The van der Waals surface area contributed by atoms with Gasteiger partial charge in [0, 0.05) is 19.3 Å². The highest BCUT2D eigenvalue weighted by molar-refractivity contribution is 5.74. The second kappa shape index (κ2) is 49.1. The first-order valence-corrected chi connectivity index (χ1v) is 28.9. The highest BCUT2D eigenvalue weighted by Crippen LogP contribution is 2.26. The van der Waals surface area contributed by atoms with Gasteiger partial charge >= 0.3 is 23.9 Å². The zero-order chi connectivity index (χ0) is 53.3. The Morgan fingerprint density at radius 2 is 0.863 bits per heavy atom. The van der Waals surface area contributed by atoms with Crippen molar-refractivity contribution in [2.45, 2.75) is 276 Å². The van der Waals surface area contributed by atoms with E-state index in [1.807, 2.05) is 0 Å². The molecule has 0 saturated carbocycles. The summed E-state index contributed by atoms with van der Waals surface area (Å²) in [5.74, 6) is -3.17. The van der Waals surface area contributed by atoms with Crippen molar-refractivity contribution in [3.8, 4) is 0 Å². The molecule has 0 amide bonds. The smallest absolute Gasteiger partial charge is 0.335 e. The van der Waals surface area contributed by atoms with Crippen molar-refractivity contribution >= 4 is 23.9 Å². The Hall–Kier alpha value is -3.84. The van der Waals surface area contributed by atoms with E-state index in [1.165, 1.54) is 57.8 Å². The lowest BCUT2D eigenvalue weighted by molar-refractivity contribution is -0.301. The van der Waals surface area contributed by atoms with Gasteiger partial charge < -0.3 is 39.0 Å². The van der Waals surface area contributed by atoms with Crippen molar-refractivity contribution < 1.29 is 58.2 Å². The van der Waals surface area contributed by atoms with E-state index in [4.69, 9.17) is 23.7 Å². The first-order chi connectivity index (χ1) is 35.6. The number of carbonyl (C=O) groups is 4. The second-order valence-electron chi connectivity index (χ2n) is 19.5. The predicted molar refractivity (Wildman–Crippen MR) is 294 cm³/mol. The van der Waals surface area contributed by atoms with Crippen LogP contribution < -0.4 is 0 Å². The third-order valence-corrected chi connectivity index (χ3v) is 12.8. The number of esters is 3. The lowest BCUT2D eigenvalue weighted by Gasteiger charge is -2.40. The van der Waals surface area contributed by atoms with Gasteiger partial charge in [0.1, 0.15) is 18.8 Å². The molecule has 3 N–H and O–H groups in total. The van der Waals surface area contributed by atoms with Gasteiger partial charge in [-0.15, -0.1) is 0 Å². The first kappa shape index (κ1) is 67.2. The topological polar surface area (TPSA) is 175 Å². The van der Waals surface area contributed by atoms with Gasteiger partial charge in [0.25, 0.3) is 0 Å². The number of aliphatic carboxylic acids is 1. The summed E-state index contributed by atoms with van der Waals surface area (Å²) < 4.78 is 28.4. The van der Waals surface area contributed by atoms with E-state index < -0.39 is 67.3 Å². The molecule has 418 valence electrons. The molecule has 12 nitrogen and oxygen atoms in total. The summed E-state index contributed by atoms with van der Waals surface area (Å²) in [6.07, 6.45) is 48.7. The van der Waals surface area contributed by atoms with Crippen molar-refractivity contribution in [2.24, 2.45) is 0 Å². The van der Waals surface area contributed by atoms with Gasteiger partial charge in [-0.1, -0.05) is 203 Å². The maximum Gasteiger partial charge on any atom is 0.335 e. The maximum absolute atomic E-state index is 13.1. The Bertz CT molecular complexity index is 1550.